The number of phenolic OH excluding ortho intramolecular Hbond substituents is 2. The van der Waals surface area contributed by atoms with Crippen molar-refractivity contribution in [2.45, 2.75) is 12.5 Å². The maximum Gasteiger partial charge on any atom is 0.407 e. The molecule has 1 saturated heterocycles. The predicted octanol–water partition coefficient (Wildman–Crippen LogP) is 0.668. The van der Waals surface area contributed by atoms with Crippen molar-refractivity contribution >= 4 is 12.0 Å². The van der Waals surface area contributed by atoms with Gasteiger partial charge in [0.15, 0.2) is 11.5 Å². The second-order valence-electron chi connectivity index (χ2n) is 4.58. The van der Waals surface area contributed by atoms with Crippen molar-refractivity contribution in [2.24, 2.45) is 0 Å². The zero-order valence-corrected chi connectivity index (χ0v) is 11.0. The van der Waals surface area contributed by atoms with Crippen molar-refractivity contribution in [1.82, 2.24) is 10.2 Å². The third-order valence-electron chi connectivity index (χ3n) is 3.21. The Morgan fingerprint density at radius 1 is 1.35 bits per heavy atom. The number of methoxy groups -OCH3 is 1. The lowest BCUT2D eigenvalue weighted by molar-refractivity contribution is 0.0787. The molecule has 7 heteroatoms. The Morgan fingerprint density at radius 3 is 2.75 bits per heavy atom. The minimum Gasteiger partial charge on any atom is -0.504 e. The van der Waals surface area contributed by atoms with Gasteiger partial charge in [0, 0.05) is 18.7 Å². The van der Waals surface area contributed by atoms with Crippen LogP contribution < -0.4 is 5.32 Å². The fourth-order valence-corrected chi connectivity index (χ4v) is 2.13. The van der Waals surface area contributed by atoms with E-state index in [1.165, 1.54) is 25.3 Å². The molecule has 0 spiro atoms. The summed E-state index contributed by atoms with van der Waals surface area (Å²) < 4.78 is 4.51. The fourth-order valence-electron chi connectivity index (χ4n) is 2.13. The predicted molar refractivity (Wildman–Crippen MR) is 69.6 cm³/mol. The molecular weight excluding hydrogens is 264 g/mol. The van der Waals surface area contributed by atoms with E-state index in [-0.39, 0.29) is 23.4 Å². The summed E-state index contributed by atoms with van der Waals surface area (Å²) in [4.78, 5) is 24.9. The number of likely N-dealkylation sites (tertiary alicyclic amines) is 1. The van der Waals surface area contributed by atoms with Crippen LogP contribution in [0.4, 0.5) is 4.79 Å². The number of ether oxygens (including phenoxy) is 1. The maximum atomic E-state index is 12.2. The molecule has 3 N–H and O–H groups in total. The molecular formula is C13H16N2O5. The number of amides is 2. The Labute approximate surface area is 115 Å². The fraction of sp³-hybridized carbons (Fsp3) is 0.385. The maximum absolute atomic E-state index is 12.2. The lowest BCUT2D eigenvalue weighted by atomic mass is 10.2. The summed E-state index contributed by atoms with van der Waals surface area (Å²) in [7, 11) is 1.28. The van der Waals surface area contributed by atoms with E-state index in [4.69, 9.17) is 0 Å². The van der Waals surface area contributed by atoms with Crippen LogP contribution in [0.5, 0.6) is 11.5 Å². The van der Waals surface area contributed by atoms with Crippen molar-refractivity contribution in [3.63, 3.8) is 0 Å². The van der Waals surface area contributed by atoms with E-state index < -0.39 is 6.09 Å². The molecule has 1 fully saturated rings. The van der Waals surface area contributed by atoms with Gasteiger partial charge in [0.1, 0.15) is 0 Å². The smallest absolute Gasteiger partial charge is 0.407 e. The normalized spacial score (nSPS) is 17.9. The van der Waals surface area contributed by atoms with Gasteiger partial charge in [0.05, 0.1) is 13.2 Å². The van der Waals surface area contributed by atoms with Crippen molar-refractivity contribution in [2.75, 3.05) is 20.2 Å². The highest BCUT2D eigenvalue weighted by molar-refractivity contribution is 5.95. The van der Waals surface area contributed by atoms with E-state index >= 15 is 0 Å². The van der Waals surface area contributed by atoms with Gasteiger partial charge < -0.3 is 25.2 Å². The first kappa shape index (κ1) is 14.0. The van der Waals surface area contributed by atoms with Crippen LogP contribution in [0.3, 0.4) is 0 Å². The first-order valence-electron chi connectivity index (χ1n) is 6.17. The van der Waals surface area contributed by atoms with E-state index in [9.17, 15) is 19.8 Å². The standard InChI is InChI=1S/C13H16N2O5/c1-20-13(19)14-9-4-5-15(7-9)12(18)8-2-3-10(16)11(17)6-8/h2-3,6,9,16-17H,4-5,7H2,1H3,(H,14,19). The third kappa shape index (κ3) is 2.93. The zero-order chi connectivity index (χ0) is 14.7. The summed E-state index contributed by atoms with van der Waals surface area (Å²) in [5.41, 5.74) is 0.291. The lowest BCUT2D eigenvalue weighted by Crippen LogP contribution is -2.38. The number of hydrogen-bond acceptors (Lipinski definition) is 5. The number of alkyl carbamates (subject to hydrolysis) is 1. The quantitative estimate of drug-likeness (QED) is 0.691. The summed E-state index contributed by atoms with van der Waals surface area (Å²) in [6.07, 6.45) is 0.122. The topological polar surface area (TPSA) is 99.1 Å². The molecule has 1 aliphatic rings. The molecule has 1 heterocycles. The highest BCUT2D eigenvalue weighted by Gasteiger charge is 2.28. The van der Waals surface area contributed by atoms with Crippen molar-refractivity contribution < 1.29 is 24.5 Å². The van der Waals surface area contributed by atoms with Gasteiger partial charge in [-0.1, -0.05) is 0 Å². The summed E-state index contributed by atoms with van der Waals surface area (Å²) in [6.45, 7) is 0.894. The van der Waals surface area contributed by atoms with Crippen LogP contribution in [-0.4, -0.2) is 53.4 Å². The second-order valence-corrected chi connectivity index (χ2v) is 4.58. The number of aromatic hydroxyl groups is 2. The van der Waals surface area contributed by atoms with Crippen molar-refractivity contribution in [3.05, 3.63) is 23.8 Å². The molecule has 0 bridgehead atoms. The SMILES string of the molecule is COC(=O)NC1CCN(C(=O)c2ccc(O)c(O)c2)C1. The molecule has 1 aliphatic heterocycles. The Balaban J connectivity index is 2.00. The highest BCUT2D eigenvalue weighted by atomic mass is 16.5. The van der Waals surface area contributed by atoms with Crippen LogP contribution in [0.1, 0.15) is 16.8 Å². The number of rotatable bonds is 2. The number of nitrogens with zero attached hydrogens (tertiary/aromatic N) is 1. The first-order valence-corrected chi connectivity index (χ1v) is 6.17. The highest BCUT2D eigenvalue weighted by Crippen LogP contribution is 2.26. The Bertz CT molecular complexity index is 531. The van der Waals surface area contributed by atoms with Gasteiger partial charge >= 0.3 is 6.09 Å². The molecule has 0 saturated carbocycles. The van der Waals surface area contributed by atoms with Crippen LogP contribution in [0.25, 0.3) is 0 Å². The molecule has 1 aromatic carbocycles. The summed E-state index contributed by atoms with van der Waals surface area (Å²) in [5, 5.41) is 21.3. The van der Waals surface area contributed by atoms with E-state index in [1.54, 1.807) is 4.90 Å². The third-order valence-corrected chi connectivity index (χ3v) is 3.21. The molecule has 0 radical (unpaired) electrons. The van der Waals surface area contributed by atoms with Gasteiger partial charge in [0.2, 0.25) is 0 Å². The second kappa shape index (κ2) is 5.68. The molecule has 0 aromatic heterocycles. The summed E-state index contributed by atoms with van der Waals surface area (Å²) in [6, 6.07) is 3.79. The number of benzene rings is 1. The number of carbonyl (C=O) groups is 2. The van der Waals surface area contributed by atoms with Crippen molar-refractivity contribution in [1.29, 1.82) is 0 Å². The van der Waals surface area contributed by atoms with E-state index in [2.05, 4.69) is 10.1 Å². The molecule has 20 heavy (non-hydrogen) atoms. The van der Waals surface area contributed by atoms with Crippen molar-refractivity contribution in [3.8, 4) is 11.5 Å². The number of hydrogen-bond donors (Lipinski definition) is 3. The van der Waals surface area contributed by atoms with Crippen LogP contribution in [-0.2, 0) is 4.74 Å². The van der Waals surface area contributed by atoms with Crippen LogP contribution in [0.2, 0.25) is 0 Å². The molecule has 1 unspecified atom stereocenters. The van der Waals surface area contributed by atoms with E-state index in [0.29, 0.717) is 25.1 Å². The van der Waals surface area contributed by atoms with Gasteiger partial charge in [-0.2, -0.15) is 0 Å². The molecule has 7 nitrogen and oxygen atoms in total. The van der Waals surface area contributed by atoms with Gasteiger partial charge in [-0.25, -0.2) is 4.79 Å². The Kier molecular flexibility index (Phi) is 3.97. The van der Waals surface area contributed by atoms with Crippen LogP contribution in [0, 0.1) is 0 Å². The molecule has 0 aliphatic carbocycles. The van der Waals surface area contributed by atoms with Gasteiger partial charge in [-0.3, -0.25) is 4.79 Å². The van der Waals surface area contributed by atoms with Gasteiger partial charge in [0.25, 0.3) is 5.91 Å². The first-order chi connectivity index (χ1) is 9.51. The summed E-state index contributed by atoms with van der Waals surface area (Å²) >= 11 is 0. The minimum absolute atomic E-state index is 0.142. The van der Waals surface area contributed by atoms with Gasteiger partial charge in [-0.15, -0.1) is 0 Å². The largest absolute Gasteiger partial charge is 0.504 e. The molecule has 108 valence electrons. The number of carbonyl (C=O) groups excluding carboxylic acids is 2. The lowest BCUT2D eigenvalue weighted by Gasteiger charge is -2.17. The Hall–Kier alpha value is -2.44. The van der Waals surface area contributed by atoms with E-state index in [1.807, 2.05) is 0 Å². The van der Waals surface area contributed by atoms with Crippen LogP contribution in [0.15, 0.2) is 18.2 Å². The Morgan fingerprint density at radius 2 is 2.10 bits per heavy atom. The number of nitrogens with one attached hydrogen (secondary N) is 1. The monoisotopic (exact) mass is 280 g/mol. The van der Waals surface area contributed by atoms with Crippen LogP contribution >= 0.6 is 0 Å². The molecule has 1 atom stereocenters. The minimum atomic E-state index is -0.522. The molecule has 1 aromatic rings. The van der Waals surface area contributed by atoms with Gasteiger partial charge in [-0.05, 0) is 24.6 Å². The average molecular weight is 280 g/mol. The average Bonchev–Trinajstić information content (AvgIpc) is 2.89. The molecule has 2 amide bonds. The van der Waals surface area contributed by atoms with E-state index in [0.717, 1.165) is 0 Å². The summed E-state index contributed by atoms with van der Waals surface area (Å²) in [5.74, 6) is -0.859. The zero-order valence-electron chi connectivity index (χ0n) is 11.0. The number of phenols is 2. The molecule has 2 rings (SSSR count).